The molecule has 0 fully saturated rings. The third-order valence-corrected chi connectivity index (χ3v) is 2.33. The lowest BCUT2D eigenvalue weighted by Crippen LogP contribution is -1.86. The summed E-state index contributed by atoms with van der Waals surface area (Å²) in [4.78, 5) is 7.91. The van der Waals surface area contributed by atoms with Gasteiger partial charge >= 0.3 is 0 Å². The smallest absolute Gasteiger partial charge is 0.194 e. The number of aromatic nitrogens is 1. The summed E-state index contributed by atoms with van der Waals surface area (Å²) in [6, 6.07) is 7.96. The Morgan fingerprint density at radius 3 is 2.72 bits per heavy atom. The molecule has 2 aromatic rings. The van der Waals surface area contributed by atoms with Crippen molar-refractivity contribution in [2.24, 2.45) is 4.99 Å². The number of aliphatic imine (C=N–C) groups is 1. The van der Waals surface area contributed by atoms with E-state index in [9.17, 15) is 10.2 Å². The van der Waals surface area contributed by atoms with Gasteiger partial charge < -0.3 is 14.9 Å². The Labute approximate surface area is 104 Å². The van der Waals surface area contributed by atoms with Crippen LogP contribution in [0.5, 0.6) is 17.2 Å². The standard InChI is InChI=1S/C13H12N2O3/c1-18-10-5-4-9(12(17)7-10)8-15-13-11(16)3-2-6-14-13/h2-8,16-17H,1H3/b15-8+. The van der Waals surface area contributed by atoms with Gasteiger partial charge in [0.25, 0.3) is 0 Å². The zero-order chi connectivity index (χ0) is 13.0. The maximum atomic E-state index is 9.72. The number of nitrogens with zero attached hydrogens (tertiary/aromatic N) is 2. The second-order valence-corrected chi connectivity index (χ2v) is 3.53. The van der Waals surface area contributed by atoms with Gasteiger partial charge in [-0.2, -0.15) is 0 Å². The van der Waals surface area contributed by atoms with Crippen LogP contribution in [0, 0.1) is 0 Å². The highest BCUT2D eigenvalue weighted by Gasteiger charge is 2.02. The summed E-state index contributed by atoms with van der Waals surface area (Å²) in [5.41, 5.74) is 0.515. The van der Waals surface area contributed by atoms with Gasteiger partial charge in [0.15, 0.2) is 11.6 Å². The lowest BCUT2D eigenvalue weighted by Gasteiger charge is -2.02. The van der Waals surface area contributed by atoms with E-state index in [1.165, 1.54) is 31.7 Å². The number of hydrogen-bond donors (Lipinski definition) is 2. The van der Waals surface area contributed by atoms with Crippen LogP contribution < -0.4 is 4.74 Å². The number of ether oxygens (including phenoxy) is 1. The van der Waals surface area contributed by atoms with Crippen LogP contribution in [-0.2, 0) is 0 Å². The number of pyridine rings is 1. The van der Waals surface area contributed by atoms with Gasteiger partial charge in [-0.25, -0.2) is 9.98 Å². The molecule has 0 aliphatic carbocycles. The molecule has 5 heteroatoms. The highest BCUT2D eigenvalue weighted by molar-refractivity contribution is 5.85. The average molecular weight is 244 g/mol. The quantitative estimate of drug-likeness (QED) is 0.812. The van der Waals surface area contributed by atoms with Gasteiger partial charge in [-0.15, -0.1) is 0 Å². The topological polar surface area (TPSA) is 74.9 Å². The van der Waals surface area contributed by atoms with Gasteiger partial charge in [-0.05, 0) is 24.3 Å². The van der Waals surface area contributed by atoms with Crippen molar-refractivity contribution in [2.75, 3.05) is 7.11 Å². The van der Waals surface area contributed by atoms with Crippen molar-refractivity contribution < 1.29 is 14.9 Å². The van der Waals surface area contributed by atoms with E-state index in [1.54, 1.807) is 18.2 Å². The molecule has 0 saturated carbocycles. The molecule has 0 aliphatic rings. The Balaban J connectivity index is 2.27. The summed E-state index contributed by atoms with van der Waals surface area (Å²) in [7, 11) is 1.52. The van der Waals surface area contributed by atoms with Crippen molar-refractivity contribution in [1.29, 1.82) is 0 Å². The van der Waals surface area contributed by atoms with Gasteiger partial charge in [0, 0.05) is 24.0 Å². The normalized spacial score (nSPS) is 10.7. The van der Waals surface area contributed by atoms with E-state index in [0.717, 1.165) is 0 Å². The molecule has 5 nitrogen and oxygen atoms in total. The van der Waals surface area contributed by atoms with E-state index < -0.39 is 0 Å². The predicted molar refractivity (Wildman–Crippen MR) is 67.8 cm³/mol. The molecule has 18 heavy (non-hydrogen) atoms. The van der Waals surface area contributed by atoms with Crippen LogP contribution in [0.4, 0.5) is 5.82 Å². The summed E-state index contributed by atoms with van der Waals surface area (Å²) >= 11 is 0. The number of phenolic OH excluding ortho intramolecular Hbond substituents is 1. The Morgan fingerprint density at radius 2 is 2.06 bits per heavy atom. The minimum Gasteiger partial charge on any atom is -0.507 e. The van der Waals surface area contributed by atoms with E-state index in [2.05, 4.69) is 9.98 Å². The van der Waals surface area contributed by atoms with E-state index in [-0.39, 0.29) is 17.3 Å². The highest BCUT2D eigenvalue weighted by Crippen LogP contribution is 2.24. The number of phenols is 1. The molecule has 0 aliphatic heterocycles. The van der Waals surface area contributed by atoms with E-state index in [1.807, 2.05) is 0 Å². The van der Waals surface area contributed by atoms with Gasteiger partial charge in [0.2, 0.25) is 0 Å². The second-order valence-electron chi connectivity index (χ2n) is 3.53. The number of aromatic hydroxyl groups is 2. The van der Waals surface area contributed by atoms with Gasteiger partial charge in [-0.1, -0.05) is 0 Å². The van der Waals surface area contributed by atoms with Crippen LogP contribution in [0.25, 0.3) is 0 Å². The number of hydrogen-bond acceptors (Lipinski definition) is 5. The molecule has 0 spiro atoms. The lowest BCUT2D eigenvalue weighted by molar-refractivity contribution is 0.407. The van der Waals surface area contributed by atoms with Crippen LogP contribution in [-0.4, -0.2) is 28.5 Å². The molecule has 2 N–H and O–H groups in total. The molecular formula is C13H12N2O3. The third kappa shape index (κ3) is 2.57. The zero-order valence-electron chi connectivity index (χ0n) is 9.74. The second kappa shape index (κ2) is 5.18. The number of benzene rings is 1. The summed E-state index contributed by atoms with van der Waals surface area (Å²) in [5, 5.41) is 19.2. The van der Waals surface area contributed by atoms with Gasteiger partial charge in [0.1, 0.15) is 11.5 Å². The average Bonchev–Trinajstić information content (AvgIpc) is 2.39. The first-order chi connectivity index (χ1) is 8.70. The minimum absolute atomic E-state index is 0.0123. The van der Waals surface area contributed by atoms with Crippen LogP contribution in [0.3, 0.4) is 0 Å². The molecule has 1 aromatic carbocycles. The van der Waals surface area contributed by atoms with Crippen molar-refractivity contribution in [3.8, 4) is 17.2 Å². The summed E-state index contributed by atoms with van der Waals surface area (Å²) in [6.45, 7) is 0. The van der Waals surface area contributed by atoms with Crippen molar-refractivity contribution >= 4 is 12.0 Å². The van der Waals surface area contributed by atoms with Crippen LogP contribution >= 0.6 is 0 Å². The molecule has 0 amide bonds. The first-order valence-electron chi connectivity index (χ1n) is 5.26. The molecule has 0 radical (unpaired) electrons. The fourth-order valence-corrected chi connectivity index (χ4v) is 1.38. The monoisotopic (exact) mass is 244 g/mol. The van der Waals surface area contributed by atoms with E-state index in [0.29, 0.717) is 11.3 Å². The fourth-order valence-electron chi connectivity index (χ4n) is 1.38. The summed E-state index contributed by atoms with van der Waals surface area (Å²) in [6.07, 6.45) is 2.96. The molecule has 0 bridgehead atoms. The molecule has 2 rings (SSSR count). The molecule has 1 aromatic heterocycles. The molecule has 1 heterocycles. The van der Waals surface area contributed by atoms with Crippen molar-refractivity contribution in [2.45, 2.75) is 0 Å². The largest absolute Gasteiger partial charge is 0.507 e. The lowest BCUT2D eigenvalue weighted by atomic mass is 10.2. The molecule has 92 valence electrons. The maximum absolute atomic E-state index is 9.72. The highest BCUT2D eigenvalue weighted by atomic mass is 16.5. The zero-order valence-corrected chi connectivity index (χ0v) is 9.74. The van der Waals surface area contributed by atoms with Gasteiger partial charge in [-0.3, -0.25) is 0 Å². The molecule has 0 saturated heterocycles. The first kappa shape index (κ1) is 11.9. The van der Waals surface area contributed by atoms with Crippen molar-refractivity contribution in [3.05, 3.63) is 42.1 Å². The summed E-state index contributed by atoms with van der Waals surface area (Å²) in [5.74, 6) is 0.799. The van der Waals surface area contributed by atoms with Gasteiger partial charge in [0.05, 0.1) is 7.11 Å². The molecule has 0 unspecified atom stereocenters. The predicted octanol–water partition coefficient (Wildman–Crippen LogP) is 2.25. The number of methoxy groups -OCH3 is 1. The van der Waals surface area contributed by atoms with Crippen molar-refractivity contribution in [3.63, 3.8) is 0 Å². The molecule has 0 atom stereocenters. The third-order valence-electron chi connectivity index (χ3n) is 2.33. The summed E-state index contributed by atoms with van der Waals surface area (Å²) < 4.78 is 4.98. The minimum atomic E-state index is -0.0123. The Morgan fingerprint density at radius 1 is 1.22 bits per heavy atom. The van der Waals surface area contributed by atoms with Crippen LogP contribution in [0.15, 0.2) is 41.5 Å². The SMILES string of the molecule is COc1ccc(/C=N/c2ncccc2O)c(O)c1. The van der Waals surface area contributed by atoms with Crippen LogP contribution in [0.1, 0.15) is 5.56 Å². The number of rotatable bonds is 3. The van der Waals surface area contributed by atoms with E-state index in [4.69, 9.17) is 4.74 Å². The Kier molecular flexibility index (Phi) is 3.43. The maximum Gasteiger partial charge on any atom is 0.194 e. The Bertz CT molecular complexity index is 582. The fraction of sp³-hybridized carbons (Fsp3) is 0.0769. The van der Waals surface area contributed by atoms with E-state index >= 15 is 0 Å². The van der Waals surface area contributed by atoms with Crippen molar-refractivity contribution in [1.82, 2.24) is 4.98 Å². The van der Waals surface area contributed by atoms with Crippen LogP contribution in [0.2, 0.25) is 0 Å². The molecular weight excluding hydrogens is 232 g/mol. The Hall–Kier alpha value is -2.56. The first-order valence-corrected chi connectivity index (χ1v) is 5.26.